The highest BCUT2D eigenvalue weighted by Gasteiger charge is 2.11. The minimum absolute atomic E-state index is 0.185. The largest absolute Gasteiger partial charge is 0.482 e. The van der Waals surface area contributed by atoms with Crippen molar-refractivity contribution in [3.63, 3.8) is 0 Å². The number of amides is 1. The standard InChI is InChI=1S/C24H25N3O4/c1-4-30-24(29)16-31-21-12-8-9-19(15-21)25-23(28)14-13-22-17(2)26-27(18(22)3)20-10-6-5-7-11-20/h5-15H,4,16H2,1-3H3,(H,25,28)/b14-13+. The van der Waals surface area contributed by atoms with Gasteiger partial charge in [0.05, 0.1) is 18.0 Å². The Balaban J connectivity index is 1.66. The number of carbonyl (C=O) groups excluding carboxylic acids is 2. The van der Waals surface area contributed by atoms with E-state index in [2.05, 4.69) is 10.4 Å². The first kappa shape index (κ1) is 21.8. The molecule has 0 saturated heterocycles. The number of aryl methyl sites for hydroxylation is 1. The van der Waals surface area contributed by atoms with Gasteiger partial charge in [0.1, 0.15) is 5.75 Å². The van der Waals surface area contributed by atoms with Crippen molar-refractivity contribution < 1.29 is 19.1 Å². The average molecular weight is 419 g/mol. The summed E-state index contributed by atoms with van der Waals surface area (Å²) in [4.78, 5) is 23.8. The van der Waals surface area contributed by atoms with Crippen LogP contribution >= 0.6 is 0 Å². The molecule has 0 unspecified atom stereocenters. The van der Waals surface area contributed by atoms with E-state index in [1.165, 1.54) is 6.08 Å². The Morgan fingerprint density at radius 2 is 1.87 bits per heavy atom. The topological polar surface area (TPSA) is 82.4 Å². The SMILES string of the molecule is CCOC(=O)COc1cccc(NC(=O)/C=C/c2c(C)nn(-c3ccccc3)c2C)c1. The normalized spacial score (nSPS) is 10.8. The summed E-state index contributed by atoms with van der Waals surface area (Å²) in [5, 5.41) is 7.37. The minimum atomic E-state index is -0.443. The molecule has 0 radical (unpaired) electrons. The summed E-state index contributed by atoms with van der Waals surface area (Å²) in [5.74, 6) is -0.263. The molecule has 0 bridgehead atoms. The maximum Gasteiger partial charge on any atom is 0.344 e. The fourth-order valence-electron chi connectivity index (χ4n) is 3.07. The van der Waals surface area contributed by atoms with Crippen LogP contribution in [0.15, 0.2) is 60.7 Å². The van der Waals surface area contributed by atoms with Crippen molar-refractivity contribution in [3.8, 4) is 11.4 Å². The third-order valence-electron chi connectivity index (χ3n) is 4.51. The molecule has 1 N–H and O–H groups in total. The maximum absolute atomic E-state index is 12.4. The Labute approximate surface area is 181 Å². The van der Waals surface area contributed by atoms with Gasteiger partial charge in [-0.1, -0.05) is 24.3 Å². The van der Waals surface area contributed by atoms with Gasteiger partial charge in [-0.15, -0.1) is 0 Å². The van der Waals surface area contributed by atoms with Gasteiger partial charge in [-0.3, -0.25) is 4.79 Å². The molecule has 2 aromatic carbocycles. The van der Waals surface area contributed by atoms with Crippen LogP contribution in [0.2, 0.25) is 0 Å². The number of carbonyl (C=O) groups is 2. The summed E-state index contributed by atoms with van der Waals surface area (Å²) >= 11 is 0. The van der Waals surface area contributed by atoms with Gasteiger partial charge in [-0.2, -0.15) is 5.10 Å². The van der Waals surface area contributed by atoms with Crippen molar-refractivity contribution in [1.29, 1.82) is 0 Å². The summed E-state index contributed by atoms with van der Waals surface area (Å²) < 4.78 is 12.1. The minimum Gasteiger partial charge on any atom is -0.482 e. The predicted molar refractivity (Wildman–Crippen MR) is 119 cm³/mol. The van der Waals surface area contributed by atoms with Crippen LogP contribution in [-0.4, -0.2) is 34.9 Å². The van der Waals surface area contributed by atoms with E-state index in [4.69, 9.17) is 9.47 Å². The third-order valence-corrected chi connectivity index (χ3v) is 4.51. The van der Waals surface area contributed by atoms with Gasteiger partial charge in [0.15, 0.2) is 6.61 Å². The lowest BCUT2D eigenvalue weighted by Crippen LogP contribution is -2.14. The maximum atomic E-state index is 12.4. The predicted octanol–water partition coefficient (Wildman–Crippen LogP) is 4.08. The van der Waals surface area contributed by atoms with Gasteiger partial charge < -0.3 is 14.8 Å². The van der Waals surface area contributed by atoms with Gasteiger partial charge in [-0.05, 0) is 51.1 Å². The van der Waals surface area contributed by atoms with Gasteiger partial charge in [0.2, 0.25) is 5.91 Å². The molecule has 3 aromatic rings. The molecular formula is C24H25N3O4. The van der Waals surface area contributed by atoms with E-state index in [1.807, 2.05) is 48.9 Å². The first-order chi connectivity index (χ1) is 15.0. The molecule has 0 aliphatic heterocycles. The van der Waals surface area contributed by atoms with Gasteiger partial charge in [0.25, 0.3) is 0 Å². The van der Waals surface area contributed by atoms with Crippen LogP contribution in [-0.2, 0) is 14.3 Å². The molecule has 0 fully saturated rings. The Hall–Kier alpha value is -3.87. The van der Waals surface area contributed by atoms with Gasteiger partial charge in [0, 0.05) is 29.1 Å². The van der Waals surface area contributed by atoms with E-state index in [0.717, 1.165) is 22.6 Å². The van der Waals surface area contributed by atoms with E-state index in [-0.39, 0.29) is 12.5 Å². The van der Waals surface area contributed by atoms with Gasteiger partial charge in [-0.25, -0.2) is 9.48 Å². The Kier molecular flexibility index (Phi) is 7.22. The van der Waals surface area contributed by atoms with Crippen molar-refractivity contribution in [2.45, 2.75) is 20.8 Å². The molecular weight excluding hydrogens is 394 g/mol. The zero-order valence-corrected chi connectivity index (χ0v) is 17.8. The van der Waals surface area contributed by atoms with Crippen LogP contribution in [0.4, 0.5) is 5.69 Å². The molecule has 0 saturated carbocycles. The van der Waals surface area contributed by atoms with E-state index in [9.17, 15) is 9.59 Å². The fraction of sp³-hybridized carbons (Fsp3) is 0.208. The number of rotatable bonds is 8. The third kappa shape index (κ3) is 5.82. The smallest absolute Gasteiger partial charge is 0.344 e. The van der Waals surface area contributed by atoms with E-state index < -0.39 is 5.97 Å². The Morgan fingerprint density at radius 1 is 1.10 bits per heavy atom. The molecule has 7 nitrogen and oxygen atoms in total. The zero-order valence-electron chi connectivity index (χ0n) is 17.8. The second-order valence-corrected chi connectivity index (χ2v) is 6.78. The average Bonchev–Trinajstić information content (AvgIpc) is 3.05. The van der Waals surface area contributed by atoms with Crippen molar-refractivity contribution in [2.75, 3.05) is 18.5 Å². The zero-order chi connectivity index (χ0) is 22.2. The molecule has 160 valence electrons. The van der Waals surface area contributed by atoms with Crippen LogP contribution in [0, 0.1) is 13.8 Å². The highest BCUT2D eigenvalue weighted by atomic mass is 16.6. The molecule has 31 heavy (non-hydrogen) atoms. The molecule has 3 rings (SSSR count). The number of esters is 1. The monoisotopic (exact) mass is 419 g/mol. The second-order valence-electron chi connectivity index (χ2n) is 6.78. The highest BCUT2D eigenvalue weighted by molar-refractivity contribution is 6.02. The summed E-state index contributed by atoms with van der Waals surface area (Å²) in [6.45, 7) is 5.73. The molecule has 0 aliphatic carbocycles. The number of anilines is 1. The van der Waals surface area contributed by atoms with E-state index >= 15 is 0 Å². The molecule has 1 heterocycles. The number of nitrogens with zero attached hydrogens (tertiary/aromatic N) is 2. The van der Waals surface area contributed by atoms with Crippen LogP contribution in [0.3, 0.4) is 0 Å². The highest BCUT2D eigenvalue weighted by Crippen LogP contribution is 2.20. The number of hydrogen-bond donors (Lipinski definition) is 1. The van der Waals surface area contributed by atoms with Crippen LogP contribution in [0.1, 0.15) is 23.9 Å². The first-order valence-electron chi connectivity index (χ1n) is 9.97. The summed E-state index contributed by atoms with van der Waals surface area (Å²) in [5.41, 5.74) is 4.20. The lowest BCUT2D eigenvalue weighted by molar-refractivity contribution is -0.145. The van der Waals surface area contributed by atoms with Crippen molar-refractivity contribution in [3.05, 3.63) is 77.6 Å². The Morgan fingerprint density at radius 3 is 2.61 bits per heavy atom. The molecule has 0 atom stereocenters. The first-order valence-corrected chi connectivity index (χ1v) is 9.97. The van der Waals surface area contributed by atoms with Crippen LogP contribution in [0.5, 0.6) is 5.75 Å². The number of para-hydroxylation sites is 1. The van der Waals surface area contributed by atoms with E-state index in [0.29, 0.717) is 18.0 Å². The van der Waals surface area contributed by atoms with Crippen LogP contribution in [0.25, 0.3) is 11.8 Å². The number of hydrogen-bond acceptors (Lipinski definition) is 5. The van der Waals surface area contributed by atoms with Crippen molar-refractivity contribution in [1.82, 2.24) is 9.78 Å². The summed E-state index contributed by atoms with van der Waals surface area (Å²) in [6, 6.07) is 16.7. The van der Waals surface area contributed by atoms with Crippen LogP contribution < -0.4 is 10.1 Å². The quantitative estimate of drug-likeness (QED) is 0.439. The van der Waals surface area contributed by atoms with E-state index in [1.54, 1.807) is 37.3 Å². The van der Waals surface area contributed by atoms with Crippen molar-refractivity contribution >= 4 is 23.6 Å². The number of aromatic nitrogens is 2. The fourth-order valence-corrected chi connectivity index (χ4v) is 3.07. The molecule has 1 aromatic heterocycles. The molecule has 1 amide bonds. The summed E-state index contributed by atoms with van der Waals surface area (Å²) in [6.07, 6.45) is 3.23. The lowest BCUT2D eigenvalue weighted by Gasteiger charge is -2.08. The van der Waals surface area contributed by atoms with Crippen molar-refractivity contribution in [2.24, 2.45) is 0 Å². The lowest BCUT2D eigenvalue weighted by atomic mass is 10.2. The van der Waals surface area contributed by atoms with Gasteiger partial charge >= 0.3 is 5.97 Å². The Bertz CT molecular complexity index is 1090. The number of nitrogens with one attached hydrogen (secondary N) is 1. The number of benzene rings is 2. The molecule has 7 heteroatoms. The number of ether oxygens (including phenoxy) is 2. The molecule has 0 aliphatic rings. The second kappa shape index (κ2) is 10.2. The molecule has 0 spiro atoms. The summed E-state index contributed by atoms with van der Waals surface area (Å²) in [7, 11) is 0.